The van der Waals surface area contributed by atoms with Crippen molar-refractivity contribution >= 4 is 17.5 Å². The Bertz CT molecular complexity index is 1000. The highest BCUT2D eigenvalue weighted by Crippen LogP contribution is 2.28. The monoisotopic (exact) mass is 415 g/mol. The Labute approximate surface area is 174 Å². The largest absolute Gasteiger partial charge is 0.497 e. The topological polar surface area (TPSA) is 77.7 Å². The van der Waals surface area contributed by atoms with E-state index in [0.717, 1.165) is 0 Å². The van der Waals surface area contributed by atoms with Gasteiger partial charge in [0.05, 0.1) is 36.9 Å². The van der Waals surface area contributed by atoms with Gasteiger partial charge in [0.1, 0.15) is 11.5 Å². The normalized spacial score (nSPS) is 10.8. The first-order valence-corrected chi connectivity index (χ1v) is 9.42. The molecule has 2 aromatic carbocycles. The molecule has 152 valence electrons. The van der Waals surface area contributed by atoms with Crippen LogP contribution in [0.2, 0.25) is 5.02 Å². The number of methoxy groups -OCH3 is 2. The van der Waals surface area contributed by atoms with Gasteiger partial charge in [-0.3, -0.25) is 4.79 Å². The Morgan fingerprint density at radius 1 is 1.14 bits per heavy atom. The van der Waals surface area contributed by atoms with Crippen molar-refractivity contribution in [2.45, 2.75) is 26.4 Å². The van der Waals surface area contributed by atoms with Crippen LogP contribution in [0, 0.1) is 0 Å². The summed E-state index contributed by atoms with van der Waals surface area (Å²) >= 11 is 6.20. The van der Waals surface area contributed by atoms with Crippen LogP contribution in [0.25, 0.3) is 11.5 Å². The van der Waals surface area contributed by atoms with Crippen molar-refractivity contribution in [1.29, 1.82) is 0 Å². The first kappa shape index (κ1) is 20.7. The third-order valence-electron chi connectivity index (χ3n) is 4.40. The predicted molar refractivity (Wildman–Crippen MR) is 109 cm³/mol. The predicted octanol–water partition coefficient (Wildman–Crippen LogP) is 4.46. The number of hydrogen-bond acceptors (Lipinski definition) is 6. The van der Waals surface area contributed by atoms with Crippen LogP contribution >= 0.6 is 11.6 Å². The first-order chi connectivity index (χ1) is 13.9. The van der Waals surface area contributed by atoms with Gasteiger partial charge >= 0.3 is 0 Å². The molecule has 0 N–H and O–H groups in total. The van der Waals surface area contributed by atoms with E-state index in [-0.39, 0.29) is 18.5 Å². The smallest absolute Gasteiger partial charge is 0.258 e. The van der Waals surface area contributed by atoms with E-state index >= 15 is 0 Å². The third kappa shape index (κ3) is 4.51. The van der Waals surface area contributed by atoms with Crippen molar-refractivity contribution in [1.82, 2.24) is 15.1 Å². The molecule has 0 unspecified atom stereocenters. The van der Waals surface area contributed by atoms with E-state index in [2.05, 4.69) is 10.2 Å². The second kappa shape index (κ2) is 8.96. The number of carbonyl (C=O) groups excluding carboxylic acids is 1. The van der Waals surface area contributed by atoms with Gasteiger partial charge in [-0.2, -0.15) is 0 Å². The molecule has 0 radical (unpaired) electrons. The number of amides is 1. The Kier molecular flexibility index (Phi) is 6.39. The fourth-order valence-electron chi connectivity index (χ4n) is 2.83. The zero-order chi connectivity index (χ0) is 21.0. The molecule has 1 amide bonds. The summed E-state index contributed by atoms with van der Waals surface area (Å²) in [6.07, 6.45) is 0. The molecular weight excluding hydrogens is 394 g/mol. The Balaban J connectivity index is 1.88. The number of hydrogen-bond donors (Lipinski definition) is 0. The summed E-state index contributed by atoms with van der Waals surface area (Å²) in [5, 5.41) is 8.67. The van der Waals surface area contributed by atoms with Gasteiger partial charge in [0.15, 0.2) is 0 Å². The maximum absolute atomic E-state index is 13.2. The van der Waals surface area contributed by atoms with Crippen LogP contribution in [0.15, 0.2) is 46.9 Å². The maximum atomic E-state index is 13.2. The highest BCUT2D eigenvalue weighted by molar-refractivity contribution is 6.33. The molecule has 0 bridgehead atoms. The van der Waals surface area contributed by atoms with E-state index < -0.39 is 0 Å². The van der Waals surface area contributed by atoms with Crippen molar-refractivity contribution in [3.05, 3.63) is 58.9 Å². The van der Waals surface area contributed by atoms with Crippen LogP contribution < -0.4 is 9.47 Å². The van der Waals surface area contributed by atoms with Gasteiger partial charge < -0.3 is 18.8 Å². The molecular formula is C21H22ClN3O4. The van der Waals surface area contributed by atoms with Crippen LogP contribution in [-0.2, 0) is 6.54 Å². The lowest BCUT2D eigenvalue weighted by molar-refractivity contribution is 0.0668. The van der Waals surface area contributed by atoms with Gasteiger partial charge in [0, 0.05) is 6.04 Å². The Morgan fingerprint density at radius 3 is 2.55 bits per heavy atom. The zero-order valence-electron chi connectivity index (χ0n) is 16.7. The molecule has 3 rings (SSSR count). The molecule has 0 aliphatic heterocycles. The SMILES string of the molecule is COc1ccc(OC)c(C(=O)N(Cc2nnc(-c3ccccc3Cl)o2)C(C)C)c1. The number of ether oxygens (including phenoxy) is 2. The molecule has 0 saturated carbocycles. The average molecular weight is 416 g/mol. The van der Waals surface area contributed by atoms with Crippen molar-refractivity contribution in [2.75, 3.05) is 14.2 Å². The zero-order valence-corrected chi connectivity index (χ0v) is 17.4. The van der Waals surface area contributed by atoms with Gasteiger partial charge in [0.2, 0.25) is 11.8 Å². The lowest BCUT2D eigenvalue weighted by atomic mass is 10.1. The van der Waals surface area contributed by atoms with Crippen LogP contribution in [0.5, 0.6) is 11.5 Å². The van der Waals surface area contributed by atoms with Crippen LogP contribution in [0.3, 0.4) is 0 Å². The molecule has 0 atom stereocenters. The van der Waals surface area contributed by atoms with Gasteiger partial charge in [-0.05, 0) is 44.2 Å². The quantitative estimate of drug-likeness (QED) is 0.567. The van der Waals surface area contributed by atoms with E-state index in [0.29, 0.717) is 39.4 Å². The molecule has 29 heavy (non-hydrogen) atoms. The summed E-state index contributed by atoms with van der Waals surface area (Å²) in [5.74, 6) is 1.41. The summed E-state index contributed by atoms with van der Waals surface area (Å²) in [6.45, 7) is 3.97. The molecule has 1 aromatic heterocycles. The summed E-state index contributed by atoms with van der Waals surface area (Å²) in [5.41, 5.74) is 1.04. The van der Waals surface area contributed by atoms with Crippen molar-refractivity contribution in [2.24, 2.45) is 0 Å². The van der Waals surface area contributed by atoms with E-state index in [1.807, 2.05) is 26.0 Å². The van der Waals surface area contributed by atoms with Crippen molar-refractivity contribution < 1.29 is 18.7 Å². The minimum absolute atomic E-state index is 0.117. The number of halogens is 1. The van der Waals surface area contributed by atoms with Crippen molar-refractivity contribution in [3.8, 4) is 23.0 Å². The highest BCUT2D eigenvalue weighted by Gasteiger charge is 2.25. The molecule has 0 saturated heterocycles. The fraction of sp³-hybridized carbons (Fsp3) is 0.286. The molecule has 3 aromatic rings. The molecule has 0 spiro atoms. The van der Waals surface area contributed by atoms with Gasteiger partial charge in [-0.15, -0.1) is 10.2 Å². The number of carbonyl (C=O) groups is 1. The van der Waals surface area contributed by atoms with Crippen LogP contribution in [0.1, 0.15) is 30.1 Å². The summed E-state index contributed by atoms with van der Waals surface area (Å²) in [4.78, 5) is 14.9. The Morgan fingerprint density at radius 2 is 1.90 bits per heavy atom. The fourth-order valence-corrected chi connectivity index (χ4v) is 3.05. The van der Waals surface area contributed by atoms with Gasteiger partial charge in [-0.25, -0.2) is 0 Å². The molecule has 0 fully saturated rings. The maximum Gasteiger partial charge on any atom is 0.258 e. The van der Waals surface area contributed by atoms with Crippen LogP contribution in [0.4, 0.5) is 0 Å². The average Bonchev–Trinajstić information content (AvgIpc) is 3.19. The van der Waals surface area contributed by atoms with E-state index in [1.165, 1.54) is 7.11 Å². The van der Waals surface area contributed by atoms with E-state index in [4.69, 9.17) is 25.5 Å². The number of benzene rings is 2. The molecule has 0 aliphatic rings. The molecule has 8 heteroatoms. The number of aromatic nitrogens is 2. The Hall–Kier alpha value is -3.06. The molecule has 7 nitrogen and oxygen atoms in total. The summed E-state index contributed by atoms with van der Waals surface area (Å²) in [6, 6.07) is 12.2. The number of rotatable bonds is 7. The highest BCUT2D eigenvalue weighted by atomic mass is 35.5. The van der Waals surface area contributed by atoms with E-state index in [1.54, 1.807) is 42.3 Å². The summed E-state index contributed by atoms with van der Waals surface area (Å²) < 4.78 is 16.4. The van der Waals surface area contributed by atoms with Crippen molar-refractivity contribution in [3.63, 3.8) is 0 Å². The molecule has 1 heterocycles. The minimum atomic E-state index is -0.228. The lowest BCUT2D eigenvalue weighted by Crippen LogP contribution is -2.36. The number of nitrogens with zero attached hydrogens (tertiary/aromatic N) is 3. The lowest BCUT2D eigenvalue weighted by Gasteiger charge is -2.26. The second-order valence-electron chi connectivity index (χ2n) is 6.57. The summed E-state index contributed by atoms with van der Waals surface area (Å²) in [7, 11) is 3.07. The van der Waals surface area contributed by atoms with Crippen LogP contribution in [-0.4, -0.2) is 41.3 Å². The van der Waals surface area contributed by atoms with Gasteiger partial charge in [-0.1, -0.05) is 23.7 Å². The third-order valence-corrected chi connectivity index (χ3v) is 4.73. The first-order valence-electron chi connectivity index (χ1n) is 9.04. The van der Waals surface area contributed by atoms with E-state index in [9.17, 15) is 4.79 Å². The standard InChI is InChI=1S/C21H22ClN3O4/c1-13(2)25(21(26)16-11-14(27-3)9-10-18(16)28-4)12-19-23-24-20(29-19)15-7-5-6-8-17(15)22/h5-11,13H,12H2,1-4H3. The molecule has 0 aliphatic carbocycles. The van der Waals surface area contributed by atoms with Gasteiger partial charge in [0.25, 0.3) is 5.91 Å². The minimum Gasteiger partial charge on any atom is -0.497 e. The second-order valence-corrected chi connectivity index (χ2v) is 6.98.